The van der Waals surface area contributed by atoms with Crippen LogP contribution in [-0.2, 0) is 0 Å². The van der Waals surface area contributed by atoms with Gasteiger partial charge in [-0.25, -0.2) is 0 Å². The molecule has 0 unspecified atom stereocenters. The molecule has 2 aromatic carbocycles. The molecule has 0 aliphatic carbocycles. The zero-order chi connectivity index (χ0) is 24.6. The van der Waals surface area contributed by atoms with Gasteiger partial charge in [0.1, 0.15) is 0 Å². The number of carbonyl (C=O) groups excluding carboxylic acids is 4. The molecular formula is C21H26N4O7. The molecule has 0 aromatic heterocycles. The molecule has 0 spiro atoms. The number of hydrogen-bond donors (Lipinski definition) is 7. The van der Waals surface area contributed by atoms with Crippen LogP contribution in [0.2, 0.25) is 0 Å². The van der Waals surface area contributed by atoms with E-state index in [2.05, 4.69) is 0 Å². The number of benzene rings is 2. The van der Waals surface area contributed by atoms with Crippen molar-refractivity contribution in [3.05, 3.63) is 58.7 Å². The van der Waals surface area contributed by atoms with E-state index in [4.69, 9.17) is 38.3 Å². The zero-order valence-corrected chi connectivity index (χ0v) is 17.4. The first-order chi connectivity index (χ1) is 14.9. The summed E-state index contributed by atoms with van der Waals surface area (Å²) in [5.74, 6) is -2.63. The third kappa shape index (κ3) is 6.43. The normalized spacial score (nSPS) is 10.7. The molecular weight excluding hydrogens is 420 g/mol. The van der Waals surface area contributed by atoms with Gasteiger partial charge in [-0.05, 0) is 24.6 Å². The van der Waals surface area contributed by atoms with Gasteiger partial charge in [-0.3, -0.25) is 19.2 Å². The van der Waals surface area contributed by atoms with Crippen molar-refractivity contribution in [1.82, 2.24) is 0 Å². The number of primary amides is 3. The van der Waals surface area contributed by atoms with Gasteiger partial charge in [0.05, 0.1) is 25.4 Å². The number of rotatable bonds is 8. The first-order valence-corrected chi connectivity index (χ1v) is 9.21. The molecule has 11 nitrogen and oxygen atoms in total. The second kappa shape index (κ2) is 11.1. The van der Waals surface area contributed by atoms with Crippen LogP contribution in [-0.4, -0.2) is 64.2 Å². The van der Waals surface area contributed by atoms with Crippen molar-refractivity contribution >= 4 is 23.5 Å². The summed E-state index contributed by atoms with van der Waals surface area (Å²) in [7, 11) is 0. The topological polar surface area (TPSA) is 233 Å². The maximum atomic E-state index is 11.8. The van der Waals surface area contributed by atoms with E-state index >= 15 is 0 Å². The number of Topliss-reactive ketones (excluding diaryl/α,β-unsaturated/α-hetero) is 1. The van der Waals surface area contributed by atoms with Gasteiger partial charge in [0.25, 0.3) is 0 Å². The molecule has 0 radical (unpaired) electrons. The van der Waals surface area contributed by atoms with Gasteiger partial charge < -0.3 is 38.3 Å². The summed E-state index contributed by atoms with van der Waals surface area (Å²) in [6, 6.07) is 8.66. The molecule has 0 heterocycles. The smallest absolute Gasteiger partial charge is 0.249 e. The fraction of sp³-hybridized carbons (Fsp3) is 0.238. The highest BCUT2D eigenvalue weighted by molar-refractivity contribution is 6.11. The molecule has 11 heteroatoms. The molecule has 11 N–H and O–H groups in total. The van der Waals surface area contributed by atoms with E-state index in [-0.39, 0.29) is 28.0 Å². The molecule has 172 valence electrons. The highest BCUT2D eigenvalue weighted by atomic mass is 16.3. The maximum absolute atomic E-state index is 11.8. The van der Waals surface area contributed by atoms with Crippen LogP contribution in [0.25, 0.3) is 11.1 Å². The summed E-state index contributed by atoms with van der Waals surface area (Å²) in [6.45, 7) is 0.209. The minimum atomic E-state index is -1.21. The Morgan fingerprint density at radius 2 is 1.16 bits per heavy atom. The summed E-state index contributed by atoms with van der Waals surface area (Å²) in [6.07, 6.45) is 0. The fourth-order valence-electron chi connectivity index (χ4n) is 2.51. The van der Waals surface area contributed by atoms with E-state index in [1.165, 1.54) is 19.1 Å². The lowest BCUT2D eigenvalue weighted by Gasteiger charge is -2.20. The van der Waals surface area contributed by atoms with Gasteiger partial charge in [0.2, 0.25) is 17.7 Å². The lowest BCUT2D eigenvalue weighted by molar-refractivity contribution is 0.0697. The van der Waals surface area contributed by atoms with Crippen molar-refractivity contribution in [2.75, 3.05) is 19.8 Å². The van der Waals surface area contributed by atoms with E-state index in [0.29, 0.717) is 11.1 Å². The number of aliphatic hydroxyl groups excluding tert-OH is 3. The number of amides is 3. The van der Waals surface area contributed by atoms with Gasteiger partial charge in [0.15, 0.2) is 5.78 Å². The van der Waals surface area contributed by atoms with Crippen LogP contribution in [0, 0.1) is 0 Å². The quantitative estimate of drug-likeness (QED) is 0.235. The number of aliphatic hydroxyl groups is 3. The summed E-state index contributed by atoms with van der Waals surface area (Å²) in [4.78, 5) is 46.3. The minimum absolute atomic E-state index is 0.0540. The predicted octanol–water partition coefficient (Wildman–Crippen LogP) is -1.49. The summed E-state index contributed by atoms with van der Waals surface area (Å²) in [5, 5.41) is 25.0. The minimum Gasteiger partial charge on any atom is -0.394 e. The maximum Gasteiger partial charge on any atom is 0.249 e. The van der Waals surface area contributed by atoms with Crippen LogP contribution in [0.1, 0.15) is 48.4 Å². The summed E-state index contributed by atoms with van der Waals surface area (Å²) in [5.41, 5.74) is 20.8. The summed E-state index contributed by atoms with van der Waals surface area (Å²) >= 11 is 0. The van der Waals surface area contributed by atoms with Gasteiger partial charge in [-0.15, -0.1) is 0 Å². The molecule has 0 aliphatic rings. The molecule has 0 aliphatic heterocycles. The van der Waals surface area contributed by atoms with Crippen molar-refractivity contribution in [3.8, 4) is 11.1 Å². The fourth-order valence-corrected chi connectivity index (χ4v) is 2.51. The molecule has 2 aromatic rings. The monoisotopic (exact) mass is 446 g/mol. The zero-order valence-electron chi connectivity index (χ0n) is 17.4. The SMILES string of the molecule is CC(=O)c1ccc(-c2c(C(N)=O)cc(C(N)=O)cc2C(N)=O)cc1.NC(CO)(CO)CO. The van der Waals surface area contributed by atoms with Crippen molar-refractivity contribution in [2.45, 2.75) is 12.5 Å². The average molecular weight is 446 g/mol. The molecule has 0 atom stereocenters. The standard InChI is InChI=1S/C17H15N3O4.C4H11NO3/c1-8(21)9-2-4-10(5-3-9)14-12(16(19)23)6-11(15(18)22)7-13(14)17(20)24;5-4(1-6,2-7)3-8/h2-7H,1H3,(H2,18,22)(H2,19,23)(H2,20,24);6-8H,1-3,5H2. The van der Waals surface area contributed by atoms with Crippen molar-refractivity contribution in [1.29, 1.82) is 0 Å². The van der Waals surface area contributed by atoms with Crippen molar-refractivity contribution in [3.63, 3.8) is 0 Å². The van der Waals surface area contributed by atoms with Crippen molar-refractivity contribution < 1.29 is 34.5 Å². The molecule has 0 fully saturated rings. The lowest BCUT2D eigenvalue weighted by Crippen LogP contribution is -2.50. The average Bonchev–Trinajstić information content (AvgIpc) is 2.77. The van der Waals surface area contributed by atoms with E-state index < -0.39 is 43.1 Å². The van der Waals surface area contributed by atoms with E-state index in [9.17, 15) is 19.2 Å². The Balaban J connectivity index is 0.000000547. The third-order valence-electron chi connectivity index (χ3n) is 4.48. The van der Waals surface area contributed by atoms with Crippen LogP contribution in [0.3, 0.4) is 0 Å². The van der Waals surface area contributed by atoms with Gasteiger partial charge in [0, 0.05) is 27.8 Å². The van der Waals surface area contributed by atoms with Gasteiger partial charge in [-0.2, -0.15) is 0 Å². The largest absolute Gasteiger partial charge is 0.394 e. The molecule has 3 amide bonds. The Morgan fingerprint density at radius 1 is 0.750 bits per heavy atom. The Kier molecular flexibility index (Phi) is 9.17. The predicted molar refractivity (Wildman–Crippen MR) is 116 cm³/mol. The second-order valence-electron chi connectivity index (χ2n) is 7.01. The van der Waals surface area contributed by atoms with Gasteiger partial charge >= 0.3 is 0 Å². The van der Waals surface area contributed by atoms with Crippen LogP contribution >= 0.6 is 0 Å². The second-order valence-corrected chi connectivity index (χ2v) is 7.01. The van der Waals surface area contributed by atoms with E-state index in [1.807, 2.05) is 0 Å². The third-order valence-corrected chi connectivity index (χ3v) is 4.48. The number of carbonyl (C=O) groups is 4. The molecule has 0 saturated heterocycles. The molecule has 32 heavy (non-hydrogen) atoms. The Labute approximate surface area is 183 Å². The first-order valence-electron chi connectivity index (χ1n) is 9.21. The van der Waals surface area contributed by atoms with Gasteiger partial charge in [-0.1, -0.05) is 24.3 Å². The molecule has 0 bridgehead atoms. The van der Waals surface area contributed by atoms with Crippen LogP contribution in [0.4, 0.5) is 0 Å². The Hall–Kier alpha value is -3.64. The van der Waals surface area contributed by atoms with Crippen LogP contribution in [0.15, 0.2) is 36.4 Å². The van der Waals surface area contributed by atoms with E-state index in [0.717, 1.165) is 0 Å². The molecule has 0 saturated carbocycles. The van der Waals surface area contributed by atoms with E-state index in [1.54, 1.807) is 24.3 Å². The van der Waals surface area contributed by atoms with Crippen molar-refractivity contribution in [2.24, 2.45) is 22.9 Å². The number of hydrogen-bond acceptors (Lipinski definition) is 8. The highest BCUT2D eigenvalue weighted by Crippen LogP contribution is 2.29. The Morgan fingerprint density at radius 3 is 1.41 bits per heavy atom. The van der Waals surface area contributed by atoms with Crippen LogP contribution in [0.5, 0.6) is 0 Å². The number of nitrogens with two attached hydrogens (primary N) is 4. The first kappa shape index (κ1) is 26.4. The summed E-state index contributed by atoms with van der Waals surface area (Å²) < 4.78 is 0. The molecule has 2 rings (SSSR count). The lowest BCUT2D eigenvalue weighted by atomic mass is 9.90. The number of ketones is 1. The Bertz CT molecular complexity index is 972. The van der Waals surface area contributed by atoms with Crippen LogP contribution < -0.4 is 22.9 Å². The highest BCUT2D eigenvalue weighted by Gasteiger charge is 2.22.